The highest BCUT2D eigenvalue weighted by molar-refractivity contribution is 6.00. The largest absolute Gasteiger partial charge is 0.496 e. The van der Waals surface area contributed by atoms with Gasteiger partial charge in [0, 0.05) is 30.5 Å². The first kappa shape index (κ1) is 26.1. The van der Waals surface area contributed by atoms with Crippen LogP contribution in [0.2, 0.25) is 0 Å². The van der Waals surface area contributed by atoms with E-state index < -0.39 is 18.2 Å². The summed E-state index contributed by atoms with van der Waals surface area (Å²) in [5.41, 5.74) is 2.53. The van der Waals surface area contributed by atoms with Crippen molar-refractivity contribution >= 4 is 23.5 Å². The van der Waals surface area contributed by atoms with Crippen LogP contribution in [0.25, 0.3) is 11.3 Å². The molecule has 1 heterocycles. The second-order valence-electron chi connectivity index (χ2n) is 8.07. The highest BCUT2D eigenvalue weighted by Crippen LogP contribution is 2.32. The number of oxazole rings is 1. The van der Waals surface area contributed by atoms with Crippen LogP contribution in [0.4, 0.5) is 21.0 Å². The molecule has 1 unspecified atom stereocenters. The molecule has 0 bridgehead atoms. The lowest BCUT2D eigenvalue weighted by atomic mass is 10.1. The number of carbonyl (C=O) groups excluding carboxylic acids is 2. The monoisotopic (exact) mass is 492 g/mol. The first-order chi connectivity index (χ1) is 17.4. The van der Waals surface area contributed by atoms with Crippen molar-refractivity contribution in [2.24, 2.45) is 0 Å². The zero-order valence-electron chi connectivity index (χ0n) is 20.3. The van der Waals surface area contributed by atoms with Crippen LogP contribution in [0, 0.1) is 11.3 Å². The van der Waals surface area contributed by atoms with Crippen molar-refractivity contribution < 1.29 is 23.5 Å². The van der Waals surface area contributed by atoms with Crippen LogP contribution < -0.4 is 20.7 Å². The molecule has 0 saturated heterocycles. The number of carbonyl (C=O) groups is 2. The first-order valence-electron chi connectivity index (χ1n) is 11.1. The molecule has 0 aliphatic rings. The Bertz CT molecular complexity index is 1210. The molecule has 3 amide bonds. The molecule has 11 heteroatoms. The van der Waals surface area contributed by atoms with E-state index >= 15 is 0 Å². The molecule has 0 spiro atoms. The van der Waals surface area contributed by atoms with Gasteiger partial charge in [0.05, 0.1) is 31.4 Å². The highest BCUT2D eigenvalue weighted by atomic mass is 16.6. The van der Waals surface area contributed by atoms with Crippen molar-refractivity contribution in [3.8, 4) is 23.1 Å². The lowest BCUT2D eigenvalue weighted by Crippen LogP contribution is -2.34. The number of aromatic nitrogens is 1. The topological polar surface area (TPSA) is 142 Å². The van der Waals surface area contributed by atoms with E-state index in [4.69, 9.17) is 19.2 Å². The maximum absolute atomic E-state index is 12.5. The van der Waals surface area contributed by atoms with E-state index in [0.29, 0.717) is 35.0 Å². The number of amides is 3. The van der Waals surface area contributed by atoms with Crippen LogP contribution >= 0.6 is 0 Å². The lowest BCUT2D eigenvalue weighted by molar-refractivity contribution is 0.0830. The summed E-state index contributed by atoms with van der Waals surface area (Å²) >= 11 is 0. The van der Waals surface area contributed by atoms with Gasteiger partial charge in [-0.1, -0.05) is 12.1 Å². The number of alkyl carbamates (subject to hydrolysis) is 1. The predicted molar refractivity (Wildman–Crippen MR) is 133 cm³/mol. The van der Waals surface area contributed by atoms with Crippen molar-refractivity contribution in [3.05, 3.63) is 60.6 Å². The lowest BCUT2D eigenvalue weighted by Gasteiger charge is -2.19. The molecule has 36 heavy (non-hydrogen) atoms. The summed E-state index contributed by atoms with van der Waals surface area (Å²) in [5, 5.41) is 17.1. The molecule has 0 radical (unpaired) electrons. The summed E-state index contributed by atoms with van der Waals surface area (Å²) in [5.74, 6) is 1.07. The van der Waals surface area contributed by atoms with Gasteiger partial charge >= 0.3 is 12.1 Å². The van der Waals surface area contributed by atoms with Crippen molar-refractivity contribution in [1.82, 2.24) is 15.2 Å². The molecule has 0 aliphatic carbocycles. The average Bonchev–Trinajstić information content (AvgIpc) is 3.37. The Labute approximate surface area is 209 Å². The molecule has 0 aliphatic heterocycles. The summed E-state index contributed by atoms with van der Waals surface area (Å²) in [4.78, 5) is 30.4. The Morgan fingerprint density at radius 2 is 1.94 bits per heavy atom. The quantitative estimate of drug-likeness (QED) is 0.385. The number of hydrogen-bond acceptors (Lipinski definition) is 8. The Hall–Kier alpha value is -4.56. The number of anilines is 2. The molecular weight excluding hydrogens is 464 g/mol. The molecule has 2 aromatic carbocycles. The van der Waals surface area contributed by atoms with Gasteiger partial charge in [-0.2, -0.15) is 5.26 Å². The van der Waals surface area contributed by atoms with E-state index in [0.717, 1.165) is 5.56 Å². The standard InChI is InChI=1S/C25H28N6O5/c1-31(2)15-20(9-10-26)36-25(33)28-13-17-5-4-6-18(11-17)29-24(32)30-19-7-8-21(22(12-19)34-3)23-14-27-16-35-23/h4-8,11-12,14,16,20H,9,13,15H2,1-3H3,(H,28,33)(H2,29,30,32). The van der Waals surface area contributed by atoms with Crippen LogP contribution in [0.3, 0.4) is 0 Å². The Morgan fingerprint density at radius 1 is 1.17 bits per heavy atom. The Kier molecular flexibility index (Phi) is 9.25. The first-order valence-corrected chi connectivity index (χ1v) is 11.1. The fraction of sp³-hybridized carbons (Fsp3) is 0.280. The van der Waals surface area contributed by atoms with E-state index in [1.54, 1.807) is 42.6 Å². The second kappa shape index (κ2) is 12.8. The van der Waals surface area contributed by atoms with E-state index in [1.807, 2.05) is 31.1 Å². The van der Waals surface area contributed by atoms with Crippen LogP contribution in [-0.2, 0) is 11.3 Å². The van der Waals surface area contributed by atoms with E-state index in [1.165, 1.54) is 13.5 Å². The number of likely N-dealkylation sites (N-methyl/N-ethyl adjacent to an activating group) is 1. The molecule has 3 rings (SSSR count). The van der Waals surface area contributed by atoms with Gasteiger partial charge in [-0.15, -0.1) is 0 Å². The second-order valence-corrected chi connectivity index (χ2v) is 8.07. The number of hydrogen-bond donors (Lipinski definition) is 3. The fourth-order valence-corrected chi connectivity index (χ4v) is 3.39. The van der Waals surface area contributed by atoms with Gasteiger partial charge in [0.1, 0.15) is 11.9 Å². The van der Waals surface area contributed by atoms with Gasteiger partial charge in [-0.05, 0) is 43.9 Å². The van der Waals surface area contributed by atoms with Gasteiger partial charge in [-0.25, -0.2) is 14.6 Å². The molecule has 188 valence electrons. The SMILES string of the molecule is COc1cc(NC(=O)Nc2cccc(CNC(=O)OC(CC#N)CN(C)C)c2)ccc1-c1cnco1. The van der Waals surface area contributed by atoms with Gasteiger partial charge in [0.2, 0.25) is 0 Å². The molecule has 0 saturated carbocycles. The summed E-state index contributed by atoms with van der Waals surface area (Å²) in [6, 6.07) is 13.8. The summed E-state index contributed by atoms with van der Waals surface area (Å²) in [6.07, 6.45) is 1.88. The van der Waals surface area contributed by atoms with Crippen molar-refractivity contribution in [3.63, 3.8) is 0 Å². The predicted octanol–water partition coefficient (Wildman–Crippen LogP) is 4.06. The number of nitrogens with zero attached hydrogens (tertiary/aromatic N) is 3. The van der Waals surface area contributed by atoms with Gasteiger partial charge < -0.3 is 34.7 Å². The van der Waals surface area contributed by atoms with E-state index in [9.17, 15) is 9.59 Å². The summed E-state index contributed by atoms with van der Waals surface area (Å²) < 4.78 is 16.0. The Balaban J connectivity index is 1.55. The summed E-state index contributed by atoms with van der Waals surface area (Å²) in [6.45, 7) is 0.641. The molecule has 1 aromatic heterocycles. The molecule has 0 fully saturated rings. The number of benzene rings is 2. The maximum atomic E-state index is 12.5. The third kappa shape index (κ3) is 7.75. The minimum atomic E-state index is -0.615. The zero-order valence-corrected chi connectivity index (χ0v) is 20.3. The fourth-order valence-electron chi connectivity index (χ4n) is 3.39. The van der Waals surface area contributed by atoms with Crippen molar-refractivity contribution in [2.45, 2.75) is 19.1 Å². The maximum Gasteiger partial charge on any atom is 0.407 e. The van der Waals surface area contributed by atoms with Gasteiger partial charge in [0.15, 0.2) is 12.2 Å². The number of methoxy groups -OCH3 is 1. The molecule has 11 nitrogen and oxygen atoms in total. The van der Waals surface area contributed by atoms with E-state index in [-0.39, 0.29) is 13.0 Å². The molecular formula is C25H28N6O5. The normalized spacial score (nSPS) is 11.3. The van der Waals surface area contributed by atoms with Crippen LogP contribution in [0.15, 0.2) is 59.5 Å². The Morgan fingerprint density at radius 3 is 2.61 bits per heavy atom. The van der Waals surface area contributed by atoms with Crippen LogP contribution in [0.5, 0.6) is 5.75 Å². The summed E-state index contributed by atoms with van der Waals surface area (Å²) in [7, 11) is 5.20. The number of nitriles is 1. The van der Waals surface area contributed by atoms with Crippen molar-refractivity contribution in [1.29, 1.82) is 5.26 Å². The molecule has 3 aromatic rings. The number of urea groups is 1. The van der Waals surface area contributed by atoms with E-state index in [2.05, 4.69) is 20.9 Å². The zero-order chi connectivity index (χ0) is 25.9. The number of nitrogens with one attached hydrogen (secondary N) is 3. The smallest absolute Gasteiger partial charge is 0.407 e. The number of ether oxygens (including phenoxy) is 2. The van der Waals surface area contributed by atoms with Gasteiger partial charge in [-0.3, -0.25) is 0 Å². The molecule has 3 N–H and O–H groups in total. The highest BCUT2D eigenvalue weighted by Gasteiger charge is 2.15. The van der Waals surface area contributed by atoms with Crippen LogP contribution in [0.1, 0.15) is 12.0 Å². The number of rotatable bonds is 10. The molecule has 1 atom stereocenters. The van der Waals surface area contributed by atoms with Crippen molar-refractivity contribution in [2.75, 3.05) is 38.4 Å². The van der Waals surface area contributed by atoms with Gasteiger partial charge in [0.25, 0.3) is 0 Å². The van der Waals surface area contributed by atoms with Crippen LogP contribution in [-0.4, -0.2) is 55.9 Å². The minimum Gasteiger partial charge on any atom is -0.496 e. The third-order valence-corrected chi connectivity index (χ3v) is 4.94. The average molecular weight is 493 g/mol. The minimum absolute atomic E-state index is 0.106. The third-order valence-electron chi connectivity index (χ3n) is 4.94.